The number of phenolic OH excluding ortho intramolecular Hbond substituents is 1. The first kappa shape index (κ1) is 14.5. The Hall–Kier alpha value is -1.89. The average molecular weight is 380 g/mol. The zero-order valence-corrected chi connectivity index (χ0v) is 13.0. The Morgan fingerprint density at radius 1 is 1.15 bits per heavy atom. The maximum Gasteiger partial charge on any atom is 0.275 e. The molecular formula is C15H13IN2O2. The first-order valence-electron chi connectivity index (χ1n) is 5.96. The van der Waals surface area contributed by atoms with Crippen LogP contribution in [0.5, 0.6) is 5.75 Å². The normalized spacial score (nSPS) is 11.2. The number of halogens is 1. The van der Waals surface area contributed by atoms with E-state index in [2.05, 4.69) is 33.1 Å². The predicted octanol–water partition coefficient (Wildman–Crippen LogP) is 3.15. The summed E-state index contributed by atoms with van der Waals surface area (Å²) in [6, 6.07) is 14.2. The van der Waals surface area contributed by atoms with Gasteiger partial charge in [-0.2, -0.15) is 5.10 Å². The van der Waals surface area contributed by atoms with E-state index >= 15 is 0 Å². The maximum atomic E-state index is 11.9. The summed E-state index contributed by atoms with van der Waals surface area (Å²) in [5, 5.41) is 13.6. The number of hydrogen-bond acceptors (Lipinski definition) is 3. The number of nitrogens with zero attached hydrogens (tertiary/aromatic N) is 1. The summed E-state index contributed by atoms with van der Waals surface area (Å²) in [4.78, 5) is 11.9. The highest BCUT2D eigenvalue weighted by atomic mass is 127. The number of carbonyl (C=O) groups is 1. The number of hydrogen-bond donors (Lipinski definition) is 2. The van der Waals surface area contributed by atoms with Gasteiger partial charge in [-0.25, -0.2) is 5.43 Å². The second-order valence-corrected chi connectivity index (χ2v) is 5.41. The van der Waals surface area contributed by atoms with Crippen molar-refractivity contribution < 1.29 is 9.90 Å². The molecule has 2 N–H and O–H groups in total. The van der Waals surface area contributed by atoms with Crippen molar-refractivity contribution in [2.45, 2.75) is 6.92 Å². The van der Waals surface area contributed by atoms with Gasteiger partial charge in [0.15, 0.2) is 0 Å². The second kappa shape index (κ2) is 6.51. The highest BCUT2D eigenvalue weighted by Gasteiger charge is 2.09. The van der Waals surface area contributed by atoms with E-state index in [0.29, 0.717) is 5.71 Å². The third kappa shape index (κ3) is 3.57. The zero-order chi connectivity index (χ0) is 14.5. The van der Waals surface area contributed by atoms with E-state index in [9.17, 15) is 9.90 Å². The number of amides is 1. The summed E-state index contributed by atoms with van der Waals surface area (Å²) >= 11 is 2.23. The molecular weight excluding hydrogens is 367 g/mol. The average Bonchev–Trinajstić information content (AvgIpc) is 2.45. The van der Waals surface area contributed by atoms with E-state index in [4.69, 9.17) is 0 Å². The van der Waals surface area contributed by atoms with Crippen LogP contribution in [0.3, 0.4) is 0 Å². The minimum absolute atomic E-state index is 0.0629. The van der Waals surface area contributed by atoms with Gasteiger partial charge < -0.3 is 5.11 Å². The van der Waals surface area contributed by atoms with E-state index in [1.165, 1.54) is 6.07 Å². The van der Waals surface area contributed by atoms with Gasteiger partial charge in [-0.05, 0) is 59.3 Å². The summed E-state index contributed by atoms with van der Waals surface area (Å²) in [7, 11) is 0. The van der Waals surface area contributed by atoms with Crippen LogP contribution < -0.4 is 5.43 Å². The summed E-state index contributed by atoms with van der Waals surface area (Å²) in [6.45, 7) is 1.81. The topological polar surface area (TPSA) is 61.7 Å². The molecule has 102 valence electrons. The fraction of sp³-hybridized carbons (Fsp3) is 0.0667. The molecule has 0 atom stereocenters. The molecule has 2 rings (SSSR count). The Balaban J connectivity index is 2.11. The number of carbonyl (C=O) groups excluding carboxylic acids is 1. The van der Waals surface area contributed by atoms with Crippen LogP contribution in [0.25, 0.3) is 0 Å². The fourth-order valence-electron chi connectivity index (χ4n) is 1.62. The molecule has 0 saturated heterocycles. The van der Waals surface area contributed by atoms with Gasteiger partial charge in [0.1, 0.15) is 5.75 Å². The quantitative estimate of drug-likeness (QED) is 0.488. The van der Waals surface area contributed by atoms with E-state index in [1.807, 2.05) is 31.2 Å². The number of phenols is 1. The van der Waals surface area contributed by atoms with Crippen molar-refractivity contribution in [2.24, 2.45) is 5.10 Å². The third-order valence-corrected chi connectivity index (χ3v) is 3.45. The molecule has 4 nitrogen and oxygen atoms in total. The molecule has 2 aromatic rings. The maximum absolute atomic E-state index is 11.9. The molecule has 0 heterocycles. The second-order valence-electron chi connectivity index (χ2n) is 4.16. The van der Waals surface area contributed by atoms with Gasteiger partial charge in [-0.3, -0.25) is 4.79 Å². The van der Waals surface area contributed by atoms with Crippen molar-refractivity contribution in [1.29, 1.82) is 0 Å². The predicted molar refractivity (Wildman–Crippen MR) is 86.9 cm³/mol. The molecule has 0 saturated carbocycles. The molecule has 0 aromatic heterocycles. The lowest BCUT2D eigenvalue weighted by Gasteiger charge is -2.04. The Kier molecular flexibility index (Phi) is 4.73. The molecule has 5 heteroatoms. The smallest absolute Gasteiger partial charge is 0.275 e. The van der Waals surface area contributed by atoms with Crippen LogP contribution in [0.2, 0.25) is 0 Å². The molecule has 1 amide bonds. The van der Waals surface area contributed by atoms with Crippen LogP contribution in [0.4, 0.5) is 0 Å². The number of aromatic hydroxyl groups is 1. The minimum atomic E-state index is -0.437. The highest BCUT2D eigenvalue weighted by Crippen LogP contribution is 2.15. The molecule has 0 aliphatic heterocycles. The van der Waals surface area contributed by atoms with Crippen LogP contribution in [0, 0.1) is 3.57 Å². The van der Waals surface area contributed by atoms with E-state index in [1.54, 1.807) is 18.2 Å². The van der Waals surface area contributed by atoms with Gasteiger partial charge in [-0.15, -0.1) is 0 Å². The molecule has 0 aliphatic rings. The van der Waals surface area contributed by atoms with Crippen LogP contribution >= 0.6 is 22.6 Å². The van der Waals surface area contributed by atoms with Gasteiger partial charge in [0.25, 0.3) is 5.91 Å². The van der Waals surface area contributed by atoms with Crippen molar-refractivity contribution in [1.82, 2.24) is 5.43 Å². The van der Waals surface area contributed by atoms with Crippen molar-refractivity contribution in [2.75, 3.05) is 0 Å². The van der Waals surface area contributed by atoms with Crippen molar-refractivity contribution in [3.05, 3.63) is 63.2 Å². The minimum Gasteiger partial charge on any atom is -0.507 e. The van der Waals surface area contributed by atoms with Gasteiger partial charge in [-0.1, -0.05) is 24.3 Å². The lowest BCUT2D eigenvalue weighted by molar-refractivity contribution is 0.0952. The Bertz CT molecular complexity index is 651. The Labute approximate surface area is 130 Å². The molecule has 0 bridgehead atoms. The molecule has 0 fully saturated rings. The zero-order valence-electron chi connectivity index (χ0n) is 10.8. The Morgan fingerprint density at radius 3 is 2.45 bits per heavy atom. The third-order valence-electron chi connectivity index (χ3n) is 2.74. The van der Waals surface area contributed by atoms with Crippen LogP contribution in [-0.4, -0.2) is 16.7 Å². The standard InChI is InChI=1S/C15H13IN2O2/c1-10(11-6-8-12(16)9-7-11)17-18-15(20)13-4-2-3-5-14(13)19/h2-9,19H,1H3,(H,18,20)/b17-10-. The lowest BCUT2D eigenvalue weighted by atomic mass is 10.1. The van der Waals surface area contributed by atoms with Crippen LogP contribution in [-0.2, 0) is 0 Å². The summed E-state index contributed by atoms with van der Waals surface area (Å²) in [5.74, 6) is -0.500. The SMILES string of the molecule is C/C(=N/NC(=O)c1ccccc1O)c1ccc(I)cc1. The molecule has 0 radical (unpaired) electrons. The van der Waals surface area contributed by atoms with Crippen LogP contribution in [0.1, 0.15) is 22.8 Å². The number of para-hydroxylation sites is 1. The van der Waals surface area contributed by atoms with E-state index in [-0.39, 0.29) is 11.3 Å². The van der Waals surface area contributed by atoms with Gasteiger partial charge in [0.2, 0.25) is 0 Å². The number of nitrogens with one attached hydrogen (secondary N) is 1. The van der Waals surface area contributed by atoms with Crippen molar-refractivity contribution >= 4 is 34.2 Å². The largest absolute Gasteiger partial charge is 0.507 e. The van der Waals surface area contributed by atoms with Gasteiger partial charge in [0, 0.05) is 3.57 Å². The fourth-order valence-corrected chi connectivity index (χ4v) is 1.98. The highest BCUT2D eigenvalue weighted by molar-refractivity contribution is 14.1. The first-order valence-corrected chi connectivity index (χ1v) is 7.04. The summed E-state index contributed by atoms with van der Waals surface area (Å²) in [6.07, 6.45) is 0. The number of rotatable bonds is 3. The van der Waals surface area contributed by atoms with Crippen LogP contribution in [0.15, 0.2) is 53.6 Å². The first-order chi connectivity index (χ1) is 9.58. The molecule has 0 spiro atoms. The molecule has 0 aliphatic carbocycles. The van der Waals surface area contributed by atoms with E-state index < -0.39 is 5.91 Å². The van der Waals surface area contributed by atoms with Gasteiger partial charge in [0.05, 0.1) is 11.3 Å². The molecule has 0 unspecified atom stereocenters. The van der Waals surface area contributed by atoms with Crippen molar-refractivity contribution in [3.8, 4) is 5.75 Å². The number of hydrazone groups is 1. The lowest BCUT2D eigenvalue weighted by Crippen LogP contribution is -2.19. The van der Waals surface area contributed by atoms with Gasteiger partial charge >= 0.3 is 0 Å². The molecule has 2 aromatic carbocycles. The van der Waals surface area contributed by atoms with Crippen molar-refractivity contribution in [3.63, 3.8) is 0 Å². The monoisotopic (exact) mass is 380 g/mol. The number of benzene rings is 2. The Morgan fingerprint density at radius 2 is 1.80 bits per heavy atom. The summed E-state index contributed by atoms with van der Waals surface area (Å²) < 4.78 is 1.14. The van der Waals surface area contributed by atoms with E-state index in [0.717, 1.165) is 9.13 Å². The summed E-state index contributed by atoms with van der Waals surface area (Å²) in [5.41, 5.74) is 4.27. The molecule has 20 heavy (non-hydrogen) atoms.